The van der Waals surface area contributed by atoms with Gasteiger partial charge in [0.2, 0.25) is 5.89 Å². The van der Waals surface area contributed by atoms with E-state index < -0.39 is 0 Å². The third kappa shape index (κ3) is 3.63. The molecule has 1 N–H and O–H groups in total. The summed E-state index contributed by atoms with van der Waals surface area (Å²) >= 11 is 0. The Morgan fingerprint density at radius 3 is 2.73 bits per heavy atom. The van der Waals surface area contributed by atoms with Gasteiger partial charge in [-0.15, -0.1) is 0 Å². The summed E-state index contributed by atoms with van der Waals surface area (Å²) in [6.45, 7) is 7.01. The van der Waals surface area contributed by atoms with E-state index in [1.807, 2.05) is 0 Å². The first kappa shape index (κ1) is 10.6. The van der Waals surface area contributed by atoms with Crippen molar-refractivity contribution < 1.29 is 4.52 Å². The van der Waals surface area contributed by atoms with E-state index in [4.69, 9.17) is 4.52 Å². The lowest BCUT2D eigenvalue weighted by Gasteiger charge is -2.18. The highest BCUT2D eigenvalue weighted by molar-refractivity contribution is 4.92. The number of rotatable bonds is 4. The third-order valence-corrected chi connectivity index (χ3v) is 2.45. The fourth-order valence-electron chi connectivity index (χ4n) is 1.37. The number of aromatic nitrogens is 2. The molecule has 84 valence electrons. The van der Waals surface area contributed by atoms with Crippen molar-refractivity contribution in [3.05, 3.63) is 11.7 Å². The fourth-order valence-corrected chi connectivity index (χ4v) is 1.37. The van der Waals surface area contributed by atoms with Crippen molar-refractivity contribution >= 4 is 0 Å². The van der Waals surface area contributed by atoms with Crippen LogP contribution in [0, 0.1) is 5.92 Å². The lowest BCUT2D eigenvalue weighted by atomic mass is 10.1. The molecular weight excluding hydrogens is 190 g/mol. The molecule has 1 aromatic rings. The molecule has 1 heterocycles. The Bertz CT molecular complexity index is 323. The normalized spacial score (nSPS) is 17.0. The first-order chi connectivity index (χ1) is 7.03. The topological polar surface area (TPSA) is 51.0 Å². The molecule has 0 radical (unpaired) electrons. The molecule has 1 fully saturated rings. The zero-order chi connectivity index (χ0) is 10.9. The minimum Gasteiger partial charge on any atom is -0.338 e. The highest BCUT2D eigenvalue weighted by Crippen LogP contribution is 2.31. The smallest absolute Gasteiger partial charge is 0.240 e. The predicted octanol–water partition coefficient (Wildman–Crippen LogP) is 1.91. The van der Waals surface area contributed by atoms with Crippen LogP contribution in [-0.4, -0.2) is 15.7 Å². The molecule has 15 heavy (non-hydrogen) atoms. The van der Waals surface area contributed by atoms with Crippen molar-refractivity contribution in [1.29, 1.82) is 0 Å². The number of hydrogen-bond donors (Lipinski definition) is 1. The zero-order valence-corrected chi connectivity index (χ0v) is 9.71. The maximum atomic E-state index is 5.17. The molecule has 0 spiro atoms. The molecule has 4 nitrogen and oxygen atoms in total. The Hall–Kier alpha value is -0.900. The molecule has 0 saturated heterocycles. The van der Waals surface area contributed by atoms with Crippen LogP contribution in [0.1, 0.15) is 45.3 Å². The van der Waals surface area contributed by atoms with Crippen molar-refractivity contribution in [1.82, 2.24) is 15.5 Å². The van der Waals surface area contributed by atoms with Gasteiger partial charge < -0.3 is 9.84 Å². The van der Waals surface area contributed by atoms with Gasteiger partial charge in [-0.05, 0) is 39.5 Å². The standard InChI is InChI=1S/C11H19N3O/c1-11(2,3)12-7-10-13-9(14-15-10)6-8-4-5-8/h8,12H,4-7H2,1-3H3. The molecule has 0 unspecified atom stereocenters. The first-order valence-electron chi connectivity index (χ1n) is 5.59. The summed E-state index contributed by atoms with van der Waals surface area (Å²) in [4.78, 5) is 4.35. The van der Waals surface area contributed by atoms with E-state index in [0.29, 0.717) is 12.4 Å². The first-order valence-corrected chi connectivity index (χ1v) is 5.59. The molecule has 0 aromatic carbocycles. The Morgan fingerprint density at radius 2 is 2.13 bits per heavy atom. The fraction of sp³-hybridized carbons (Fsp3) is 0.818. The number of nitrogens with one attached hydrogen (secondary N) is 1. The van der Waals surface area contributed by atoms with Crippen LogP contribution in [0.3, 0.4) is 0 Å². The molecule has 0 atom stereocenters. The van der Waals surface area contributed by atoms with Crippen molar-refractivity contribution in [2.75, 3.05) is 0 Å². The van der Waals surface area contributed by atoms with Gasteiger partial charge in [0, 0.05) is 12.0 Å². The average molecular weight is 209 g/mol. The molecule has 2 rings (SSSR count). The molecule has 0 amide bonds. The van der Waals surface area contributed by atoms with Crippen LogP contribution < -0.4 is 5.32 Å². The third-order valence-electron chi connectivity index (χ3n) is 2.45. The summed E-state index contributed by atoms with van der Waals surface area (Å²) in [5.74, 6) is 2.37. The summed E-state index contributed by atoms with van der Waals surface area (Å²) in [6, 6.07) is 0. The summed E-state index contributed by atoms with van der Waals surface area (Å²) in [7, 11) is 0. The highest BCUT2D eigenvalue weighted by atomic mass is 16.5. The van der Waals surface area contributed by atoms with Gasteiger partial charge in [-0.25, -0.2) is 0 Å². The van der Waals surface area contributed by atoms with Crippen LogP contribution >= 0.6 is 0 Å². The average Bonchev–Trinajstić information content (AvgIpc) is 2.79. The Kier molecular flexibility index (Phi) is 2.78. The lowest BCUT2D eigenvalue weighted by Crippen LogP contribution is -2.35. The van der Waals surface area contributed by atoms with Gasteiger partial charge in [0.15, 0.2) is 5.82 Å². The second-order valence-corrected chi connectivity index (χ2v) is 5.36. The van der Waals surface area contributed by atoms with Crippen LogP contribution in [0.5, 0.6) is 0 Å². The molecule has 1 aromatic heterocycles. The number of nitrogens with zero attached hydrogens (tertiary/aromatic N) is 2. The SMILES string of the molecule is CC(C)(C)NCc1nc(CC2CC2)no1. The van der Waals surface area contributed by atoms with Crippen LogP contribution in [-0.2, 0) is 13.0 Å². The minimum absolute atomic E-state index is 0.0884. The van der Waals surface area contributed by atoms with Crippen LogP contribution in [0.15, 0.2) is 4.52 Å². The van der Waals surface area contributed by atoms with Crippen molar-refractivity contribution in [3.8, 4) is 0 Å². The van der Waals surface area contributed by atoms with E-state index in [9.17, 15) is 0 Å². The zero-order valence-electron chi connectivity index (χ0n) is 9.71. The van der Waals surface area contributed by atoms with Gasteiger partial charge in [0.05, 0.1) is 6.54 Å². The summed E-state index contributed by atoms with van der Waals surface area (Å²) in [5.41, 5.74) is 0.0884. The van der Waals surface area contributed by atoms with Gasteiger partial charge in [-0.3, -0.25) is 0 Å². The Balaban J connectivity index is 1.83. The van der Waals surface area contributed by atoms with Gasteiger partial charge >= 0.3 is 0 Å². The van der Waals surface area contributed by atoms with Crippen molar-refractivity contribution in [2.45, 2.75) is 52.1 Å². The van der Waals surface area contributed by atoms with Crippen molar-refractivity contribution in [3.63, 3.8) is 0 Å². The van der Waals surface area contributed by atoms with E-state index in [0.717, 1.165) is 18.2 Å². The van der Waals surface area contributed by atoms with Crippen LogP contribution in [0.25, 0.3) is 0 Å². The number of hydrogen-bond acceptors (Lipinski definition) is 4. The minimum atomic E-state index is 0.0884. The van der Waals surface area contributed by atoms with E-state index in [1.165, 1.54) is 12.8 Å². The Morgan fingerprint density at radius 1 is 1.40 bits per heavy atom. The van der Waals surface area contributed by atoms with E-state index in [1.54, 1.807) is 0 Å². The molecule has 0 bridgehead atoms. The summed E-state index contributed by atoms with van der Waals surface area (Å²) in [5, 5.41) is 7.30. The monoisotopic (exact) mass is 209 g/mol. The molecule has 4 heteroatoms. The van der Waals surface area contributed by atoms with E-state index >= 15 is 0 Å². The van der Waals surface area contributed by atoms with Crippen LogP contribution in [0.2, 0.25) is 0 Å². The maximum absolute atomic E-state index is 5.17. The lowest BCUT2D eigenvalue weighted by molar-refractivity contribution is 0.333. The summed E-state index contributed by atoms with van der Waals surface area (Å²) < 4.78 is 5.17. The molecular formula is C11H19N3O. The quantitative estimate of drug-likeness (QED) is 0.823. The summed E-state index contributed by atoms with van der Waals surface area (Å²) in [6.07, 6.45) is 3.63. The molecule has 1 aliphatic carbocycles. The predicted molar refractivity (Wildman–Crippen MR) is 57.3 cm³/mol. The molecule has 1 aliphatic rings. The van der Waals surface area contributed by atoms with Crippen LogP contribution in [0.4, 0.5) is 0 Å². The van der Waals surface area contributed by atoms with E-state index in [2.05, 4.69) is 36.2 Å². The van der Waals surface area contributed by atoms with E-state index in [-0.39, 0.29) is 5.54 Å². The highest BCUT2D eigenvalue weighted by Gasteiger charge is 2.24. The van der Waals surface area contributed by atoms with Gasteiger partial charge in [-0.2, -0.15) is 4.98 Å². The Labute approximate surface area is 90.4 Å². The maximum Gasteiger partial charge on any atom is 0.240 e. The van der Waals surface area contributed by atoms with Gasteiger partial charge in [0.25, 0.3) is 0 Å². The van der Waals surface area contributed by atoms with Gasteiger partial charge in [-0.1, -0.05) is 5.16 Å². The molecule has 1 saturated carbocycles. The second-order valence-electron chi connectivity index (χ2n) is 5.36. The second kappa shape index (κ2) is 3.93. The molecule has 0 aliphatic heterocycles. The van der Waals surface area contributed by atoms with Gasteiger partial charge in [0.1, 0.15) is 0 Å². The largest absolute Gasteiger partial charge is 0.338 e. The van der Waals surface area contributed by atoms with Crippen molar-refractivity contribution in [2.24, 2.45) is 5.92 Å².